The van der Waals surface area contributed by atoms with Crippen molar-refractivity contribution in [2.45, 2.75) is 25.9 Å². The zero-order chi connectivity index (χ0) is 18.2. The van der Waals surface area contributed by atoms with Gasteiger partial charge in [0.1, 0.15) is 5.01 Å². The van der Waals surface area contributed by atoms with Gasteiger partial charge in [-0.15, -0.1) is 10.2 Å². The first-order chi connectivity index (χ1) is 11.7. The standard InChI is InChI=1S/C14H11ClF3N5OS/c1-7-20-21-13-23(7)22-12(25-13)5-4-11(24)19-10-3-2-8(15)6-9(10)14(16,17)18/h2-3,6H,4-5H2,1H3,(H,19,24). The van der Waals surface area contributed by atoms with E-state index in [2.05, 4.69) is 20.6 Å². The molecule has 0 spiro atoms. The number of alkyl halides is 3. The molecule has 0 unspecified atom stereocenters. The number of hydrogen-bond acceptors (Lipinski definition) is 5. The number of benzene rings is 1. The van der Waals surface area contributed by atoms with E-state index in [0.717, 1.165) is 12.1 Å². The third kappa shape index (κ3) is 3.90. The molecular weight excluding hydrogens is 379 g/mol. The smallest absolute Gasteiger partial charge is 0.325 e. The lowest BCUT2D eigenvalue weighted by atomic mass is 10.1. The monoisotopic (exact) mass is 389 g/mol. The van der Waals surface area contributed by atoms with E-state index in [-0.39, 0.29) is 23.6 Å². The molecule has 0 fully saturated rings. The Hall–Kier alpha value is -2.20. The molecule has 0 aliphatic heterocycles. The summed E-state index contributed by atoms with van der Waals surface area (Å²) in [5.74, 6) is 0.0773. The van der Waals surface area contributed by atoms with Crippen molar-refractivity contribution < 1.29 is 18.0 Å². The van der Waals surface area contributed by atoms with Crippen molar-refractivity contribution in [3.05, 3.63) is 39.6 Å². The van der Waals surface area contributed by atoms with E-state index in [0.29, 0.717) is 15.8 Å². The molecule has 2 heterocycles. The molecule has 0 bridgehead atoms. The predicted octanol–water partition coefficient (Wildman–Crippen LogP) is 3.74. The van der Waals surface area contributed by atoms with Gasteiger partial charge in [-0.05, 0) is 25.1 Å². The van der Waals surface area contributed by atoms with Crippen LogP contribution in [0.3, 0.4) is 0 Å². The fourth-order valence-electron chi connectivity index (χ4n) is 2.15. The van der Waals surface area contributed by atoms with Gasteiger partial charge < -0.3 is 5.32 Å². The maximum Gasteiger partial charge on any atom is 0.418 e. The molecule has 1 aromatic carbocycles. The Morgan fingerprint density at radius 1 is 1.36 bits per heavy atom. The highest BCUT2D eigenvalue weighted by molar-refractivity contribution is 7.16. The number of carbonyl (C=O) groups excluding carboxylic acids is 1. The number of aryl methyl sites for hydroxylation is 2. The van der Waals surface area contributed by atoms with E-state index in [1.165, 1.54) is 17.4 Å². The van der Waals surface area contributed by atoms with E-state index in [1.54, 1.807) is 11.4 Å². The quantitative estimate of drug-likeness (QED) is 0.737. The van der Waals surface area contributed by atoms with Crippen molar-refractivity contribution in [1.82, 2.24) is 19.8 Å². The fourth-order valence-corrected chi connectivity index (χ4v) is 3.20. The highest BCUT2D eigenvalue weighted by atomic mass is 35.5. The summed E-state index contributed by atoms with van der Waals surface area (Å²) in [4.78, 5) is 12.6. The van der Waals surface area contributed by atoms with Gasteiger partial charge in [0, 0.05) is 17.9 Å². The van der Waals surface area contributed by atoms with Crippen LogP contribution >= 0.6 is 22.9 Å². The Labute approximate surface area is 148 Å². The lowest BCUT2D eigenvalue weighted by molar-refractivity contribution is -0.137. The molecule has 0 radical (unpaired) electrons. The molecule has 0 aliphatic rings. The van der Waals surface area contributed by atoms with Crippen LogP contribution in [0.15, 0.2) is 18.2 Å². The molecule has 6 nitrogen and oxygen atoms in total. The van der Waals surface area contributed by atoms with E-state index >= 15 is 0 Å². The number of amides is 1. The van der Waals surface area contributed by atoms with E-state index in [9.17, 15) is 18.0 Å². The van der Waals surface area contributed by atoms with Crippen LogP contribution in [-0.4, -0.2) is 25.7 Å². The molecule has 25 heavy (non-hydrogen) atoms. The van der Waals surface area contributed by atoms with E-state index in [1.807, 2.05) is 0 Å². The normalized spacial score (nSPS) is 11.9. The highest BCUT2D eigenvalue weighted by Crippen LogP contribution is 2.36. The minimum Gasteiger partial charge on any atom is -0.325 e. The van der Waals surface area contributed by atoms with Crippen LogP contribution < -0.4 is 5.32 Å². The number of anilines is 1. The van der Waals surface area contributed by atoms with Crippen LogP contribution in [0.4, 0.5) is 18.9 Å². The second kappa shape index (κ2) is 6.60. The van der Waals surface area contributed by atoms with E-state index in [4.69, 9.17) is 11.6 Å². The molecule has 132 valence electrons. The minimum absolute atomic E-state index is 0.0108. The number of halogens is 4. The SMILES string of the molecule is Cc1nnc2sc(CCC(=O)Nc3ccc(Cl)cc3C(F)(F)F)nn12. The summed E-state index contributed by atoms with van der Waals surface area (Å²) in [6, 6.07) is 3.20. The van der Waals surface area contributed by atoms with Gasteiger partial charge in [-0.2, -0.15) is 22.8 Å². The van der Waals surface area contributed by atoms with Gasteiger partial charge in [0.05, 0.1) is 11.3 Å². The predicted molar refractivity (Wildman–Crippen MR) is 86.8 cm³/mol. The number of aromatic nitrogens is 4. The number of carbonyl (C=O) groups is 1. The zero-order valence-corrected chi connectivity index (χ0v) is 14.3. The average Bonchev–Trinajstić information content (AvgIpc) is 3.08. The maximum atomic E-state index is 13.0. The molecule has 11 heteroatoms. The van der Waals surface area contributed by atoms with Gasteiger partial charge in [-0.3, -0.25) is 4.79 Å². The molecule has 1 N–H and O–H groups in total. The fraction of sp³-hybridized carbons (Fsp3) is 0.286. The van der Waals surface area contributed by atoms with Crippen LogP contribution in [0.5, 0.6) is 0 Å². The molecular formula is C14H11ClF3N5OS. The van der Waals surface area contributed by atoms with E-state index < -0.39 is 17.6 Å². The summed E-state index contributed by atoms with van der Waals surface area (Å²) in [5.41, 5.74) is -1.31. The van der Waals surface area contributed by atoms with Crippen LogP contribution in [0.25, 0.3) is 4.96 Å². The first kappa shape index (κ1) is 17.6. The Kier molecular flexibility index (Phi) is 4.65. The maximum absolute atomic E-state index is 13.0. The van der Waals surface area contributed by atoms with Crippen LogP contribution in [0.1, 0.15) is 22.8 Å². The summed E-state index contributed by atoms with van der Waals surface area (Å²) in [6.07, 6.45) is -4.34. The van der Waals surface area contributed by atoms with Crippen molar-refractivity contribution in [3.8, 4) is 0 Å². The van der Waals surface area contributed by atoms with Crippen molar-refractivity contribution in [3.63, 3.8) is 0 Å². The zero-order valence-electron chi connectivity index (χ0n) is 12.8. The number of rotatable bonds is 4. The number of nitrogens with one attached hydrogen (secondary N) is 1. The second-order valence-electron chi connectivity index (χ2n) is 5.17. The van der Waals surface area contributed by atoms with Crippen molar-refractivity contribution >= 4 is 39.5 Å². The van der Waals surface area contributed by atoms with Crippen LogP contribution in [-0.2, 0) is 17.4 Å². The minimum atomic E-state index is -4.61. The number of fused-ring (bicyclic) bond motifs is 1. The lowest BCUT2D eigenvalue weighted by Gasteiger charge is -2.14. The first-order valence-corrected chi connectivity index (χ1v) is 8.28. The molecule has 0 atom stereocenters. The summed E-state index contributed by atoms with van der Waals surface area (Å²) in [6.45, 7) is 1.75. The van der Waals surface area contributed by atoms with Crippen molar-refractivity contribution in [2.75, 3.05) is 5.32 Å². The van der Waals surface area contributed by atoms with Crippen molar-refractivity contribution in [2.24, 2.45) is 0 Å². The third-order valence-electron chi connectivity index (χ3n) is 3.32. The first-order valence-electron chi connectivity index (χ1n) is 7.08. The summed E-state index contributed by atoms with van der Waals surface area (Å²) in [5, 5.41) is 14.9. The lowest BCUT2D eigenvalue weighted by Crippen LogP contribution is -2.17. The van der Waals surface area contributed by atoms with Gasteiger partial charge in [0.2, 0.25) is 10.9 Å². The van der Waals surface area contributed by atoms with Gasteiger partial charge in [0.25, 0.3) is 0 Å². The Morgan fingerprint density at radius 3 is 2.80 bits per heavy atom. The molecule has 0 saturated carbocycles. The topological polar surface area (TPSA) is 72.2 Å². The van der Waals surface area contributed by atoms with Crippen LogP contribution in [0.2, 0.25) is 5.02 Å². The van der Waals surface area contributed by atoms with Crippen molar-refractivity contribution in [1.29, 1.82) is 0 Å². The molecule has 0 saturated heterocycles. The average molecular weight is 390 g/mol. The molecule has 3 aromatic rings. The molecule has 2 aromatic heterocycles. The Balaban J connectivity index is 1.68. The van der Waals surface area contributed by atoms with Gasteiger partial charge >= 0.3 is 6.18 Å². The number of nitrogens with zero attached hydrogens (tertiary/aromatic N) is 4. The molecule has 1 amide bonds. The van der Waals surface area contributed by atoms with Crippen LogP contribution in [0, 0.1) is 6.92 Å². The van der Waals surface area contributed by atoms with Gasteiger partial charge in [0.15, 0.2) is 5.82 Å². The third-order valence-corrected chi connectivity index (χ3v) is 4.51. The highest BCUT2D eigenvalue weighted by Gasteiger charge is 2.34. The Bertz CT molecular complexity index is 936. The molecule has 3 rings (SSSR count). The van der Waals surface area contributed by atoms with Gasteiger partial charge in [-0.1, -0.05) is 22.9 Å². The second-order valence-corrected chi connectivity index (χ2v) is 6.65. The summed E-state index contributed by atoms with van der Waals surface area (Å²) in [7, 11) is 0. The summed E-state index contributed by atoms with van der Waals surface area (Å²) >= 11 is 6.88. The summed E-state index contributed by atoms with van der Waals surface area (Å²) < 4.78 is 40.6. The van der Waals surface area contributed by atoms with Gasteiger partial charge in [-0.25, -0.2) is 0 Å². The largest absolute Gasteiger partial charge is 0.418 e. The molecule has 0 aliphatic carbocycles. The Morgan fingerprint density at radius 2 is 2.12 bits per heavy atom. The number of hydrogen-bond donors (Lipinski definition) is 1.